The number of hydrogen-bond acceptors (Lipinski definition) is 3. The molecule has 5 heteroatoms. The maximum absolute atomic E-state index is 12.5. The molecule has 0 amide bonds. The highest BCUT2D eigenvalue weighted by molar-refractivity contribution is 7.89. The van der Waals surface area contributed by atoms with Gasteiger partial charge in [-0.2, -0.15) is 0 Å². The van der Waals surface area contributed by atoms with E-state index >= 15 is 0 Å². The molecule has 21 heavy (non-hydrogen) atoms. The van der Waals surface area contributed by atoms with Crippen LogP contribution in [0.25, 0.3) is 0 Å². The van der Waals surface area contributed by atoms with Crippen molar-refractivity contribution in [3.05, 3.63) is 29.3 Å². The molecule has 0 bridgehead atoms. The lowest BCUT2D eigenvalue weighted by Crippen LogP contribution is -2.40. The summed E-state index contributed by atoms with van der Waals surface area (Å²) in [4.78, 5) is 0.334. The van der Waals surface area contributed by atoms with Gasteiger partial charge in [0.25, 0.3) is 0 Å². The first-order valence-electron chi connectivity index (χ1n) is 7.55. The largest absolute Gasteiger partial charge is 0.326 e. The minimum absolute atomic E-state index is 0.0354. The summed E-state index contributed by atoms with van der Waals surface area (Å²) in [6, 6.07) is 5.19. The van der Waals surface area contributed by atoms with E-state index in [9.17, 15) is 8.42 Å². The van der Waals surface area contributed by atoms with Gasteiger partial charge in [-0.15, -0.1) is 0 Å². The molecule has 1 unspecified atom stereocenters. The van der Waals surface area contributed by atoms with Crippen molar-refractivity contribution in [3.63, 3.8) is 0 Å². The van der Waals surface area contributed by atoms with Crippen LogP contribution in [0.2, 0.25) is 0 Å². The minimum Gasteiger partial charge on any atom is -0.326 e. The Morgan fingerprint density at radius 1 is 1.38 bits per heavy atom. The highest BCUT2D eigenvalue weighted by atomic mass is 32.2. The first-order valence-corrected chi connectivity index (χ1v) is 9.04. The first-order chi connectivity index (χ1) is 9.73. The summed E-state index contributed by atoms with van der Waals surface area (Å²) in [7, 11) is -3.45. The van der Waals surface area contributed by atoms with E-state index in [4.69, 9.17) is 5.73 Å². The summed E-state index contributed by atoms with van der Waals surface area (Å²) in [5.41, 5.74) is 7.74. The van der Waals surface area contributed by atoms with E-state index in [2.05, 4.69) is 18.6 Å². The van der Waals surface area contributed by atoms with E-state index in [0.29, 0.717) is 11.4 Å². The Bertz CT molecular complexity index is 609. The third kappa shape index (κ3) is 4.05. The van der Waals surface area contributed by atoms with Gasteiger partial charge < -0.3 is 5.73 Å². The number of hydrogen-bond donors (Lipinski definition) is 2. The van der Waals surface area contributed by atoms with E-state index in [1.165, 1.54) is 0 Å². The SMILES string of the molecule is Cc1cc(S(=O)(=O)NC2CCCC(C)(C)C2)ccc1CN. The van der Waals surface area contributed by atoms with Crippen LogP contribution in [0.3, 0.4) is 0 Å². The Hall–Kier alpha value is -0.910. The number of benzene rings is 1. The van der Waals surface area contributed by atoms with Crippen molar-refractivity contribution in [2.75, 3.05) is 0 Å². The van der Waals surface area contributed by atoms with Gasteiger partial charge in [0.1, 0.15) is 0 Å². The third-order valence-electron chi connectivity index (χ3n) is 4.37. The lowest BCUT2D eigenvalue weighted by molar-refractivity contribution is 0.212. The van der Waals surface area contributed by atoms with Crippen LogP contribution in [0.1, 0.15) is 50.7 Å². The fourth-order valence-corrected chi connectivity index (χ4v) is 4.51. The number of aryl methyl sites for hydroxylation is 1. The van der Waals surface area contributed by atoms with E-state index in [0.717, 1.165) is 36.8 Å². The molecule has 1 aliphatic carbocycles. The molecule has 2 rings (SSSR count). The lowest BCUT2D eigenvalue weighted by atomic mass is 9.75. The predicted molar refractivity (Wildman–Crippen MR) is 85.4 cm³/mol. The maximum atomic E-state index is 12.5. The number of sulfonamides is 1. The topological polar surface area (TPSA) is 72.2 Å². The van der Waals surface area contributed by atoms with Gasteiger partial charge in [-0.3, -0.25) is 0 Å². The van der Waals surface area contributed by atoms with Crippen molar-refractivity contribution < 1.29 is 8.42 Å². The molecular formula is C16H26N2O2S. The fraction of sp³-hybridized carbons (Fsp3) is 0.625. The van der Waals surface area contributed by atoms with Gasteiger partial charge >= 0.3 is 0 Å². The van der Waals surface area contributed by atoms with Crippen LogP contribution in [-0.2, 0) is 16.6 Å². The zero-order valence-electron chi connectivity index (χ0n) is 13.1. The van der Waals surface area contributed by atoms with E-state index in [-0.39, 0.29) is 11.5 Å². The van der Waals surface area contributed by atoms with Crippen LogP contribution < -0.4 is 10.5 Å². The third-order valence-corrected chi connectivity index (χ3v) is 5.89. The highest BCUT2D eigenvalue weighted by Gasteiger charge is 2.30. The predicted octanol–water partition coefficient (Wildman–Crippen LogP) is 2.70. The summed E-state index contributed by atoms with van der Waals surface area (Å²) in [5, 5.41) is 0. The Morgan fingerprint density at radius 2 is 2.10 bits per heavy atom. The molecule has 0 saturated heterocycles. The van der Waals surface area contributed by atoms with Crippen molar-refractivity contribution in [1.82, 2.24) is 4.72 Å². The van der Waals surface area contributed by atoms with Gasteiger partial charge in [0, 0.05) is 12.6 Å². The van der Waals surface area contributed by atoms with Crippen LogP contribution in [0.4, 0.5) is 0 Å². The molecule has 1 aliphatic rings. The molecule has 0 aromatic heterocycles. The zero-order chi connectivity index (χ0) is 15.7. The van der Waals surface area contributed by atoms with Gasteiger partial charge in [0.2, 0.25) is 10.0 Å². The Balaban J connectivity index is 2.17. The number of nitrogens with one attached hydrogen (secondary N) is 1. The molecule has 1 aromatic carbocycles. The Kier molecular flexibility index (Phi) is 4.76. The van der Waals surface area contributed by atoms with Crippen molar-refractivity contribution in [2.24, 2.45) is 11.1 Å². The van der Waals surface area contributed by atoms with Gasteiger partial charge in [-0.25, -0.2) is 13.1 Å². The average molecular weight is 310 g/mol. The summed E-state index contributed by atoms with van der Waals surface area (Å²) in [5.74, 6) is 0. The standard InChI is InChI=1S/C16H26N2O2S/c1-12-9-15(7-6-13(12)11-17)21(19,20)18-14-5-4-8-16(2,3)10-14/h6-7,9,14,18H,4-5,8,10-11,17H2,1-3H3. The molecule has 1 aromatic rings. The molecule has 4 nitrogen and oxygen atoms in total. The van der Waals surface area contributed by atoms with Crippen LogP contribution in [0.5, 0.6) is 0 Å². The second-order valence-electron chi connectivity index (χ2n) is 6.87. The molecule has 0 heterocycles. The molecule has 1 fully saturated rings. The van der Waals surface area contributed by atoms with Crippen molar-refractivity contribution in [2.45, 2.75) is 63.9 Å². The smallest absolute Gasteiger partial charge is 0.240 e. The van der Waals surface area contributed by atoms with Crippen LogP contribution >= 0.6 is 0 Å². The molecule has 0 radical (unpaired) electrons. The van der Waals surface area contributed by atoms with E-state index in [1.54, 1.807) is 18.2 Å². The monoisotopic (exact) mass is 310 g/mol. The second-order valence-corrected chi connectivity index (χ2v) is 8.59. The Labute approximate surface area is 128 Å². The summed E-state index contributed by atoms with van der Waals surface area (Å²) in [6.07, 6.45) is 4.05. The lowest BCUT2D eigenvalue weighted by Gasteiger charge is -2.35. The molecule has 1 saturated carbocycles. The first kappa shape index (κ1) is 16.5. The van der Waals surface area contributed by atoms with Crippen molar-refractivity contribution in [1.29, 1.82) is 0 Å². The van der Waals surface area contributed by atoms with Crippen LogP contribution in [0.15, 0.2) is 23.1 Å². The van der Waals surface area contributed by atoms with Gasteiger partial charge in [0.15, 0.2) is 0 Å². The van der Waals surface area contributed by atoms with Crippen LogP contribution in [-0.4, -0.2) is 14.5 Å². The quantitative estimate of drug-likeness (QED) is 0.898. The van der Waals surface area contributed by atoms with Gasteiger partial charge in [0.05, 0.1) is 4.90 Å². The molecule has 1 atom stereocenters. The fourth-order valence-electron chi connectivity index (χ4n) is 3.15. The van der Waals surface area contributed by atoms with E-state index in [1.807, 2.05) is 6.92 Å². The summed E-state index contributed by atoms with van der Waals surface area (Å²) < 4.78 is 27.9. The number of rotatable bonds is 4. The summed E-state index contributed by atoms with van der Waals surface area (Å²) >= 11 is 0. The van der Waals surface area contributed by atoms with Crippen LogP contribution in [0, 0.1) is 12.3 Å². The normalized spacial score (nSPS) is 22.2. The highest BCUT2D eigenvalue weighted by Crippen LogP contribution is 2.35. The number of nitrogens with two attached hydrogens (primary N) is 1. The van der Waals surface area contributed by atoms with E-state index < -0.39 is 10.0 Å². The second kappa shape index (κ2) is 6.07. The van der Waals surface area contributed by atoms with Crippen molar-refractivity contribution >= 4 is 10.0 Å². The molecule has 0 spiro atoms. The molecular weight excluding hydrogens is 284 g/mol. The van der Waals surface area contributed by atoms with Gasteiger partial charge in [-0.05, 0) is 54.9 Å². The zero-order valence-corrected chi connectivity index (χ0v) is 14.0. The summed E-state index contributed by atoms with van der Waals surface area (Å²) in [6.45, 7) is 6.72. The maximum Gasteiger partial charge on any atom is 0.240 e. The van der Waals surface area contributed by atoms with Gasteiger partial charge in [-0.1, -0.05) is 26.3 Å². The van der Waals surface area contributed by atoms with Crippen molar-refractivity contribution in [3.8, 4) is 0 Å². The molecule has 118 valence electrons. The average Bonchev–Trinajstić information content (AvgIpc) is 2.36. The molecule has 3 N–H and O–H groups in total. The minimum atomic E-state index is -3.45. The molecule has 0 aliphatic heterocycles. The Morgan fingerprint density at radius 3 is 2.67 bits per heavy atom.